The lowest BCUT2D eigenvalue weighted by molar-refractivity contribution is -0.144. The van der Waals surface area contributed by atoms with Crippen LogP contribution in [-0.2, 0) is 9.53 Å². The highest BCUT2D eigenvalue weighted by molar-refractivity contribution is 5.75. The maximum Gasteiger partial charge on any atom is 0.322 e. The summed E-state index contributed by atoms with van der Waals surface area (Å²) in [6, 6.07) is 0.450. The van der Waals surface area contributed by atoms with E-state index in [1.54, 1.807) is 0 Å². The standard InChI is InChI=1S/C17H29NO2/c1-10(2)7-16(17(19)20-3)18-15-9-11-8-14(15)13-6-4-5-12(11)13/h10-16,18H,4-9H2,1-3H3. The van der Waals surface area contributed by atoms with Crippen molar-refractivity contribution in [2.24, 2.45) is 29.6 Å². The number of hydrogen-bond donors (Lipinski definition) is 1. The fraction of sp³-hybridized carbons (Fsp3) is 0.941. The van der Waals surface area contributed by atoms with Crippen LogP contribution in [0.25, 0.3) is 0 Å². The number of carbonyl (C=O) groups excluding carboxylic acids is 1. The lowest BCUT2D eigenvalue weighted by atomic mass is 9.79. The van der Waals surface area contributed by atoms with Gasteiger partial charge in [0.1, 0.15) is 6.04 Å². The minimum absolute atomic E-state index is 0.0792. The number of carbonyl (C=O) groups is 1. The molecule has 0 amide bonds. The van der Waals surface area contributed by atoms with E-state index in [-0.39, 0.29) is 12.0 Å². The van der Waals surface area contributed by atoms with Crippen LogP contribution in [0.3, 0.4) is 0 Å². The Morgan fingerprint density at radius 3 is 2.65 bits per heavy atom. The fourth-order valence-corrected chi connectivity index (χ4v) is 5.36. The first-order valence-corrected chi connectivity index (χ1v) is 8.44. The molecule has 3 fully saturated rings. The van der Waals surface area contributed by atoms with Gasteiger partial charge in [-0.25, -0.2) is 0 Å². The average Bonchev–Trinajstić information content (AvgIpc) is 3.08. The van der Waals surface area contributed by atoms with Gasteiger partial charge in [-0.3, -0.25) is 4.79 Å². The highest BCUT2D eigenvalue weighted by atomic mass is 16.5. The van der Waals surface area contributed by atoms with Crippen molar-refractivity contribution in [2.75, 3.05) is 7.11 Å². The Bertz CT molecular complexity index is 368. The molecular formula is C17H29NO2. The minimum atomic E-state index is -0.107. The van der Waals surface area contributed by atoms with E-state index in [0.29, 0.717) is 12.0 Å². The maximum absolute atomic E-state index is 12.0. The van der Waals surface area contributed by atoms with Crippen LogP contribution in [0.15, 0.2) is 0 Å². The van der Waals surface area contributed by atoms with Crippen LogP contribution < -0.4 is 5.32 Å². The number of fused-ring (bicyclic) bond motifs is 5. The molecule has 3 nitrogen and oxygen atoms in total. The van der Waals surface area contributed by atoms with Crippen molar-refractivity contribution in [1.29, 1.82) is 0 Å². The van der Waals surface area contributed by atoms with Gasteiger partial charge in [-0.2, -0.15) is 0 Å². The second kappa shape index (κ2) is 5.67. The van der Waals surface area contributed by atoms with Gasteiger partial charge in [-0.1, -0.05) is 20.3 Å². The third-order valence-electron chi connectivity index (χ3n) is 6.04. The Balaban J connectivity index is 1.63. The second-order valence-corrected chi connectivity index (χ2v) is 7.63. The summed E-state index contributed by atoms with van der Waals surface area (Å²) in [7, 11) is 1.51. The molecule has 20 heavy (non-hydrogen) atoms. The topological polar surface area (TPSA) is 38.3 Å². The molecule has 0 aromatic rings. The molecule has 6 unspecified atom stereocenters. The third-order valence-corrected chi connectivity index (χ3v) is 6.04. The van der Waals surface area contributed by atoms with Crippen LogP contribution in [0, 0.1) is 29.6 Å². The van der Waals surface area contributed by atoms with Crippen LogP contribution >= 0.6 is 0 Å². The van der Waals surface area contributed by atoms with E-state index in [0.717, 1.165) is 30.1 Å². The molecule has 3 aliphatic rings. The highest BCUT2D eigenvalue weighted by Gasteiger charge is 2.54. The van der Waals surface area contributed by atoms with Crippen LogP contribution in [0.1, 0.15) is 52.4 Å². The molecule has 0 heterocycles. The number of nitrogens with one attached hydrogen (secondary N) is 1. The van der Waals surface area contributed by atoms with E-state index < -0.39 is 0 Å². The Hall–Kier alpha value is -0.570. The first-order chi connectivity index (χ1) is 9.60. The van der Waals surface area contributed by atoms with Crippen LogP contribution in [0.4, 0.5) is 0 Å². The highest BCUT2D eigenvalue weighted by Crippen LogP contribution is 2.58. The molecule has 2 bridgehead atoms. The summed E-state index contributed by atoms with van der Waals surface area (Å²) >= 11 is 0. The molecular weight excluding hydrogens is 250 g/mol. The predicted molar refractivity (Wildman–Crippen MR) is 79.2 cm³/mol. The van der Waals surface area contributed by atoms with Gasteiger partial charge in [0.15, 0.2) is 0 Å². The van der Waals surface area contributed by atoms with E-state index in [1.165, 1.54) is 39.2 Å². The molecule has 3 aliphatic carbocycles. The van der Waals surface area contributed by atoms with Crippen LogP contribution in [0.5, 0.6) is 0 Å². The Labute approximate surface area is 122 Å². The molecule has 6 atom stereocenters. The first kappa shape index (κ1) is 14.4. The maximum atomic E-state index is 12.0. The molecule has 3 saturated carbocycles. The molecule has 3 heteroatoms. The minimum Gasteiger partial charge on any atom is -0.468 e. The van der Waals surface area contributed by atoms with Gasteiger partial charge in [0, 0.05) is 6.04 Å². The average molecular weight is 279 g/mol. The van der Waals surface area contributed by atoms with Crippen molar-refractivity contribution < 1.29 is 9.53 Å². The second-order valence-electron chi connectivity index (χ2n) is 7.63. The van der Waals surface area contributed by atoms with E-state index in [9.17, 15) is 4.79 Å². The molecule has 0 radical (unpaired) electrons. The number of esters is 1. The van der Waals surface area contributed by atoms with Gasteiger partial charge in [-0.15, -0.1) is 0 Å². The molecule has 114 valence electrons. The van der Waals surface area contributed by atoms with Crippen molar-refractivity contribution in [3.8, 4) is 0 Å². The Kier molecular flexibility index (Phi) is 4.07. The molecule has 0 aliphatic heterocycles. The largest absolute Gasteiger partial charge is 0.468 e. The fourth-order valence-electron chi connectivity index (χ4n) is 5.36. The first-order valence-electron chi connectivity index (χ1n) is 8.44. The quantitative estimate of drug-likeness (QED) is 0.786. The molecule has 0 spiro atoms. The number of hydrogen-bond acceptors (Lipinski definition) is 3. The Morgan fingerprint density at radius 1 is 1.20 bits per heavy atom. The zero-order chi connectivity index (χ0) is 14.3. The normalized spacial score (nSPS) is 40.1. The summed E-state index contributed by atoms with van der Waals surface area (Å²) in [6.45, 7) is 4.34. The number of rotatable bonds is 5. The van der Waals surface area contributed by atoms with Crippen molar-refractivity contribution in [2.45, 2.75) is 64.5 Å². The molecule has 0 saturated heterocycles. The van der Waals surface area contributed by atoms with Gasteiger partial charge in [0.2, 0.25) is 0 Å². The van der Waals surface area contributed by atoms with Gasteiger partial charge >= 0.3 is 5.97 Å². The van der Waals surface area contributed by atoms with Crippen molar-refractivity contribution in [3.05, 3.63) is 0 Å². The summed E-state index contributed by atoms with van der Waals surface area (Å²) in [4.78, 5) is 12.0. The van der Waals surface area contributed by atoms with Crippen LogP contribution in [0.2, 0.25) is 0 Å². The van der Waals surface area contributed by atoms with Gasteiger partial charge in [-0.05, 0) is 61.7 Å². The predicted octanol–water partition coefficient (Wildman–Crippen LogP) is 2.99. The molecule has 0 aromatic heterocycles. The van der Waals surface area contributed by atoms with Crippen molar-refractivity contribution in [1.82, 2.24) is 5.32 Å². The monoisotopic (exact) mass is 279 g/mol. The van der Waals surface area contributed by atoms with E-state index in [4.69, 9.17) is 4.74 Å². The van der Waals surface area contributed by atoms with E-state index in [1.807, 2.05) is 0 Å². The van der Waals surface area contributed by atoms with E-state index in [2.05, 4.69) is 19.2 Å². The van der Waals surface area contributed by atoms with Crippen molar-refractivity contribution in [3.63, 3.8) is 0 Å². The Morgan fingerprint density at radius 2 is 1.95 bits per heavy atom. The smallest absolute Gasteiger partial charge is 0.322 e. The summed E-state index contributed by atoms with van der Waals surface area (Å²) < 4.78 is 4.99. The number of methoxy groups -OCH3 is 1. The van der Waals surface area contributed by atoms with Gasteiger partial charge in [0.05, 0.1) is 7.11 Å². The zero-order valence-corrected chi connectivity index (χ0v) is 13.1. The van der Waals surface area contributed by atoms with Crippen LogP contribution in [-0.4, -0.2) is 25.2 Å². The summed E-state index contributed by atoms with van der Waals surface area (Å²) in [5.74, 6) is 4.16. The molecule has 0 aromatic carbocycles. The van der Waals surface area contributed by atoms with Gasteiger partial charge in [0.25, 0.3) is 0 Å². The number of ether oxygens (including phenoxy) is 1. The van der Waals surface area contributed by atoms with Crippen molar-refractivity contribution >= 4 is 5.97 Å². The molecule has 1 N–H and O–H groups in total. The molecule has 3 rings (SSSR count). The summed E-state index contributed by atoms with van der Waals surface area (Å²) in [5.41, 5.74) is 0. The van der Waals surface area contributed by atoms with E-state index >= 15 is 0 Å². The zero-order valence-electron chi connectivity index (χ0n) is 13.1. The lowest BCUT2D eigenvalue weighted by Crippen LogP contribution is -2.48. The van der Waals surface area contributed by atoms with Gasteiger partial charge < -0.3 is 10.1 Å². The lowest BCUT2D eigenvalue weighted by Gasteiger charge is -2.34. The summed E-state index contributed by atoms with van der Waals surface area (Å²) in [5, 5.41) is 3.67. The SMILES string of the molecule is COC(=O)C(CC(C)C)NC1CC2CC1C1CCCC21. The third kappa shape index (κ3) is 2.49. The summed E-state index contributed by atoms with van der Waals surface area (Å²) in [6.07, 6.45) is 7.90.